The Kier molecular flexibility index (Phi) is 8.42. The molecule has 0 atom stereocenters. The second-order valence-electron chi connectivity index (χ2n) is 4.54. The van der Waals surface area contributed by atoms with Gasteiger partial charge in [0.05, 0.1) is 0 Å². The van der Waals surface area contributed by atoms with Crippen molar-refractivity contribution >= 4 is 18.3 Å². The van der Waals surface area contributed by atoms with E-state index in [0.29, 0.717) is 13.1 Å². The number of benzene rings is 1. The van der Waals surface area contributed by atoms with Gasteiger partial charge in [0.25, 0.3) is 0 Å². The van der Waals surface area contributed by atoms with Gasteiger partial charge in [0.15, 0.2) is 0 Å². The molecule has 0 saturated carbocycles. The third kappa shape index (κ3) is 5.52. The highest BCUT2D eigenvalue weighted by Gasteiger charge is 2.16. The van der Waals surface area contributed by atoms with Gasteiger partial charge in [-0.2, -0.15) is 0 Å². The molecule has 1 aromatic carbocycles. The van der Waals surface area contributed by atoms with Gasteiger partial charge in [0.1, 0.15) is 0 Å². The summed E-state index contributed by atoms with van der Waals surface area (Å²) >= 11 is 0. The number of nitrogens with two attached hydrogens (primary N) is 1. The Morgan fingerprint density at radius 2 is 1.89 bits per heavy atom. The molecule has 0 unspecified atom stereocenters. The van der Waals surface area contributed by atoms with Crippen LogP contribution in [-0.4, -0.2) is 23.9 Å². The van der Waals surface area contributed by atoms with Crippen molar-refractivity contribution in [3.8, 4) is 0 Å². The summed E-state index contributed by atoms with van der Waals surface area (Å²) in [6.45, 7) is 5.91. The first-order valence-electron chi connectivity index (χ1n) is 6.18. The van der Waals surface area contributed by atoms with E-state index in [-0.39, 0.29) is 24.2 Å². The van der Waals surface area contributed by atoms with E-state index in [1.807, 2.05) is 49.1 Å². The minimum atomic E-state index is 0. The molecule has 0 spiro atoms. The number of halogens is 1. The number of rotatable bonds is 6. The van der Waals surface area contributed by atoms with E-state index in [9.17, 15) is 4.79 Å². The Morgan fingerprint density at radius 1 is 1.28 bits per heavy atom. The standard InChI is InChI=1S/C14H22N2O.ClH/c1-12(2)14(17)16(10-6-9-15)11-13-7-4-3-5-8-13;/h3-5,7-8,12H,6,9-11,15H2,1-2H3;1H. The third-order valence-corrected chi connectivity index (χ3v) is 2.65. The molecular weight excluding hydrogens is 248 g/mol. The minimum absolute atomic E-state index is 0. The van der Waals surface area contributed by atoms with Crippen LogP contribution in [0.25, 0.3) is 0 Å². The lowest BCUT2D eigenvalue weighted by Gasteiger charge is -2.24. The zero-order chi connectivity index (χ0) is 12.7. The first-order chi connectivity index (χ1) is 8.15. The molecule has 1 rings (SSSR count). The predicted octanol–water partition coefficient (Wildman–Crippen LogP) is 2.44. The van der Waals surface area contributed by atoms with Crippen LogP contribution >= 0.6 is 12.4 Å². The van der Waals surface area contributed by atoms with Crippen molar-refractivity contribution in [2.24, 2.45) is 11.7 Å². The number of amides is 1. The Hall–Kier alpha value is -1.06. The second kappa shape index (κ2) is 8.95. The van der Waals surface area contributed by atoms with Crippen LogP contribution in [0.2, 0.25) is 0 Å². The fraction of sp³-hybridized carbons (Fsp3) is 0.500. The lowest BCUT2D eigenvalue weighted by molar-refractivity contribution is -0.135. The van der Waals surface area contributed by atoms with Crippen LogP contribution in [0, 0.1) is 5.92 Å². The summed E-state index contributed by atoms with van der Waals surface area (Å²) in [5, 5.41) is 0. The smallest absolute Gasteiger partial charge is 0.225 e. The maximum absolute atomic E-state index is 12.0. The molecule has 0 aromatic heterocycles. The van der Waals surface area contributed by atoms with Crippen LogP contribution in [0.5, 0.6) is 0 Å². The SMILES string of the molecule is CC(C)C(=O)N(CCCN)Cc1ccccc1.Cl. The third-order valence-electron chi connectivity index (χ3n) is 2.65. The van der Waals surface area contributed by atoms with Crippen molar-refractivity contribution in [2.45, 2.75) is 26.8 Å². The van der Waals surface area contributed by atoms with Gasteiger partial charge < -0.3 is 10.6 Å². The van der Waals surface area contributed by atoms with Crippen LogP contribution in [0.15, 0.2) is 30.3 Å². The summed E-state index contributed by atoms with van der Waals surface area (Å²) in [7, 11) is 0. The van der Waals surface area contributed by atoms with Gasteiger partial charge in [-0.15, -0.1) is 12.4 Å². The summed E-state index contributed by atoms with van der Waals surface area (Å²) in [5.74, 6) is 0.235. The molecule has 18 heavy (non-hydrogen) atoms. The van der Waals surface area contributed by atoms with Gasteiger partial charge >= 0.3 is 0 Å². The quantitative estimate of drug-likeness (QED) is 0.863. The van der Waals surface area contributed by atoms with E-state index >= 15 is 0 Å². The zero-order valence-corrected chi connectivity index (χ0v) is 12.0. The summed E-state index contributed by atoms with van der Waals surface area (Å²) in [4.78, 5) is 13.9. The van der Waals surface area contributed by atoms with Gasteiger partial charge in [0, 0.05) is 19.0 Å². The molecule has 0 heterocycles. The van der Waals surface area contributed by atoms with Crippen LogP contribution < -0.4 is 5.73 Å². The van der Waals surface area contributed by atoms with Crippen LogP contribution in [0.4, 0.5) is 0 Å². The van der Waals surface area contributed by atoms with E-state index in [2.05, 4.69) is 0 Å². The van der Waals surface area contributed by atoms with Crippen molar-refractivity contribution in [1.82, 2.24) is 4.90 Å². The summed E-state index contributed by atoms with van der Waals surface area (Å²) < 4.78 is 0. The molecule has 1 amide bonds. The van der Waals surface area contributed by atoms with Gasteiger partial charge in [-0.1, -0.05) is 44.2 Å². The summed E-state index contributed by atoms with van der Waals surface area (Å²) in [6.07, 6.45) is 0.852. The van der Waals surface area contributed by atoms with E-state index in [4.69, 9.17) is 5.73 Å². The van der Waals surface area contributed by atoms with Crippen molar-refractivity contribution in [3.05, 3.63) is 35.9 Å². The fourth-order valence-electron chi connectivity index (χ4n) is 1.72. The molecule has 4 heteroatoms. The Labute approximate surface area is 116 Å². The van der Waals surface area contributed by atoms with Gasteiger partial charge in [-0.05, 0) is 18.5 Å². The van der Waals surface area contributed by atoms with Crippen molar-refractivity contribution in [3.63, 3.8) is 0 Å². The highest BCUT2D eigenvalue weighted by Crippen LogP contribution is 2.09. The predicted molar refractivity (Wildman–Crippen MR) is 77.6 cm³/mol. The first-order valence-corrected chi connectivity index (χ1v) is 6.18. The minimum Gasteiger partial charge on any atom is -0.338 e. The molecule has 0 aliphatic carbocycles. The van der Waals surface area contributed by atoms with Crippen molar-refractivity contribution < 1.29 is 4.79 Å². The van der Waals surface area contributed by atoms with E-state index in [1.165, 1.54) is 5.56 Å². The molecule has 0 aliphatic heterocycles. The Morgan fingerprint density at radius 3 is 2.39 bits per heavy atom. The van der Waals surface area contributed by atoms with Crippen molar-refractivity contribution in [1.29, 1.82) is 0 Å². The van der Waals surface area contributed by atoms with Crippen LogP contribution in [-0.2, 0) is 11.3 Å². The molecule has 0 saturated heterocycles. The van der Waals surface area contributed by atoms with Crippen LogP contribution in [0.3, 0.4) is 0 Å². The van der Waals surface area contributed by atoms with Gasteiger partial charge in [-0.3, -0.25) is 4.79 Å². The van der Waals surface area contributed by atoms with E-state index in [0.717, 1.165) is 13.0 Å². The maximum Gasteiger partial charge on any atom is 0.225 e. The summed E-state index contributed by atoms with van der Waals surface area (Å²) in [6, 6.07) is 10.1. The monoisotopic (exact) mass is 270 g/mol. The number of carbonyl (C=O) groups excluding carboxylic acids is 1. The largest absolute Gasteiger partial charge is 0.338 e. The molecule has 3 nitrogen and oxygen atoms in total. The van der Waals surface area contributed by atoms with Gasteiger partial charge in [-0.25, -0.2) is 0 Å². The molecule has 0 bridgehead atoms. The molecule has 0 fully saturated rings. The Bertz CT molecular complexity index is 341. The zero-order valence-electron chi connectivity index (χ0n) is 11.1. The first kappa shape index (κ1) is 16.9. The van der Waals surface area contributed by atoms with Crippen molar-refractivity contribution in [2.75, 3.05) is 13.1 Å². The highest BCUT2D eigenvalue weighted by atomic mass is 35.5. The normalized spacial score (nSPS) is 10.0. The average molecular weight is 271 g/mol. The van der Waals surface area contributed by atoms with E-state index < -0.39 is 0 Å². The molecule has 1 aromatic rings. The number of carbonyl (C=O) groups is 1. The average Bonchev–Trinajstić information content (AvgIpc) is 2.34. The number of hydrogen-bond donors (Lipinski definition) is 1. The molecular formula is C14H23ClN2O. The molecule has 102 valence electrons. The van der Waals surface area contributed by atoms with Gasteiger partial charge in [0.2, 0.25) is 5.91 Å². The molecule has 0 radical (unpaired) electrons. The number of nitrogens with zero attached hydrogens (tertiary/aromatic N) is 1. The summed E-state index contributed by atoms with van der Waals surface area (Å²) in [5.41, 5.74) is 6.67. The number of hydrogen-bond acceptors (Lipinski definition) is 2. The van der Waals surface area contributed by atoms with Crippen LogP contribution in [0.1, 0.15) is 25.8 Å². The molecule has 2 N–H and O–H groups in total. The van der Waals surface area contributed by atoms with E-state index in [1.54, 1.807) is 0 Å². The highest BCUT2D eigenvalue weighted by molar-refractivity contribution is 5.85. The lowest BCUT2D eigenvalue weighted by Crippen LogP contribution is -2.35. The fourth-order valence-corrected chi connectivity index (χ4v) is 1.72. The lowest BCUT2D eigenvalue weighted by atomic mass is 10.1. The topological polar surface area (TPSA) is 46.3 Å². The molecule has 0 aliphatic rings. The maximum atomic E-state index is 12.0. The second-order valence-corrected chi connectivity index (χ2v) is 4.54. The Balaban J connectivity index is 0.00000289.